The lowest BCUT2D eigenvalue weighted by molar-refractivity contribution is -0.122. The molecule has 28 heavy (non-hydrogen) atoms. The molecular formula is C20H23N3O5. The average Bonchev–Trinajstić information content (AvgIpc) is 3.11. The highest BCUT2D eigenvalue weighted by Gasteiger charge is 2.18. The minimum absolute atomic E-state index is 0.0825. The Kier molecular flexibility index (Phi) is 6.10. The molecule has 0 fully saturated rings. The number of hydrogen-bond donors (Lipinski definition) is 2. The third-order valence-electron chi connectivity index (χ3n) is 4.52. The number of benzene rings is 1. The lowest BCUT2D eigenvalue weighted by Gasteiger charge is -2.17. The number of aromatic amines is 1. The van der Waals surface area contributed by atoms with Crippen LogP contribution >= 0.6 is 0 Å². The fourth-order valence-electron chi connectivity index (χ4n) is 3.11. The Morgan fingerprint density at radius 3 is 2.75 bits per heavy atom. The molecule has 0 saturated carbocycles. The maximum absolute atomic E-state index is 12.5. The molecule has 0 aliphatic heterocycles. The van der Waals surface area contributed by atoms with Crippen LogP contribution in [0.25, 0.3) is 10.9 Å². The highest BCUT2D eigenvalue weighted by molar-refractivity contribution is 5.79. The Bertz CT molecular complexity index is 1080. The molecule has 3 aromatic rings. The number of ether oxygens (including phenoxy) is 1. The van der Waals surface area contributed by atoms with Gasteiger partial charge in [0.1, 0.15) is 11.5 Å². The van der Waals surface area contributed by atoms with Crippen LogP contribution in [0.1, 0.15) is 30.4 Å². The fraction of sp³-hybridized carbons (Fsp3) is 0.350. The molecule has 8 heteroatoms. The van der Waals surface area contributed by atoms with Gasteiger partial charge >= 0.3 is 5.69 Å². The van der Waals surface area contributed by atoms with E-state index in [1.165, 1.54) is 4.57 Å². The summed E-state index contributed by atoms with van der Waals surface area (Å²) in [5, 5.41) is 3.34. The number of furan rings is 1. The van der Waals surface area contributed by atoms with Crippen molar-refractivity contribution >= 4 is 16.8 Å². The molecule has 0 radical (unpaired) electrons. The molecule has 0 bridgehead atoms. The highest BCUT2D eigenvalue weighted by atomic mass is 16.5. The molecule has 3 rings (SSSR count). The van der Waals surface area contributed by atoms with Crippen LogP contribution in [0, 0.1) is 6.92 Å². The topological polar surface area (TPSA) is 106 Å². The van der Waals surface area contributed by atoms with Gasteiger partial charge in [-0.25, -0.2) is 4.79 Å². The van der Waals surface area contributed by atoms with Gasteiger partial charge in [-0.2, -0.15) is 0 Å². The monoisotopic (exact) mass is 385 g/mol. The van der Waals surface area contributed by atoms with Crippen LogP contribution in [0.15, 0.2) is 50.4 Å². The summed E-state index contributed by atoms with van der Waals surface area (Å²) < 4.78 is 12.1. The molecule has 2 aromatic heterocycles. The van der Waals surface area contributed by atoms with E-state index in [9.17, 15) is 14.4 Å². The van der Waals surface area contributed by atoms with Crippen molar-refractivity contribution in [1.29, 1.82) is 0 Å². The summed E-state index contributed by atoms with van der Waals surface area (Å²) in [4.78, 5) is 38.9. The van der Waals surface area contributed by atoms with Crippen molar-refractivity contribution in [2.24, 2.45) is 0 Å². The maximum Gasteiger partial charge on any atom is 0.328 e. The van der Waals surface area contributed by atoms with Gasteiger partial charge in [0.15, 0.2) is 0 Å². The predicted molar refractivity (Wildman–Crippen MR) is 104 cm³/mol. The molecule has 8 nitrogen and oxygen atoms in total. The number of para-hydroxylation sites is 1. The summed E-state index contributed by atoms with van der Waals surface area (Å²) in [5.74, 6) is 1.20. The number of fused-ring (bicyclic) bond motifs is 1. The van der Waals surface area contributed by atoms with Gasteiger partial charge in [-0.15, -0.1) is 0 Å². The van der Waals surface area contributed by atoms with Gasteiger partial charge in [-0.05, 0) is 37.6 Å². The van der Waals surface area contributed by atoms with Crippen LogP contribution < -0.4 is 16.6 Å². The van der Waals surface area contributed by atoms with Gasteiger partial charge in [0.05, 0.1) is 16.9 Å². The van der Waals surface area contributed by atoms with Crippen molar-refractivity contribution in [3.05, 3.63) is 68.8 Å². The summed E-state index contributed by atoms with van der Waals surface area (Å²) in [7, 11) is 1.60. The number of nitrogens with zero attached hydrogens (tertiary/aromatic N) is 1. The number of carbonyl (C=O) groups is 1. The van der Waals surface area contributed by atoms with E-state index >= 15 is 0 Å². The van der Waals surface area contributed by atoms with E-state index in [0.717, 1.165) is 5.76 Å². The second-order valence-corrected chi connectivity index (χ2v) is 6.53. The second kappa shape index (κ2) is 8.71. The number of nitrogens with one attached hydrogen (secondary N) is 2. The van der Waals surface area contributed by atoms with E-state index in [-0.39, 0.29) is 24.9 Å². The predicted octanol–water partition coefficient (Wildman–Crippen LogP) is 1.88. The second-order valence-electron chi connectivity index (χ2n) is 6.53. The quantitative estimate of drug-likeness (QED) is 0.616. The Labute approximate surface area is 161 Å². The minimum Gasteiger partial charge on any atom is -0.464 e. The van der Waals surface area contributed by atoms with E-state index < -0.39 is 11.2 Å². The van der Waals surface area contributed by atoms with Crippen LogP contribution in [0.4, 0.5) is 0 Å². The van der Waals surface area contributed by atoms with Crippen molar-refractivity contribution in [2.45, 2.75) is 32.4 Å². The number of hydrogen-bond acceptors (Lipinski definition) is 5. The molecule has 2 N–H and O–H groups in total. The van der Waals surface area contributed by atoms with E-state index in [0.29, 0.717) is 29.7 Å². The standard InChI is InChI=1S/C20H23N3O5/c1-13-7-8-17(28-13)15(10-12-27-2)21-18(24)9-11-23-16-6-4-3-5-14(16)19(25)22-20(23)26/h3-8,15H,9-12H2,1-2H3,(H,21,24)(H,22,25,26)/t15-/m0/s1. The van der Waals surface area contributed by atoms with E-state index in [4.69, 9.17) is 9.15 Å². The summed E-state index contributed by atoms with van der Waals surface area (Å²) in [6.07, 6.45) is 0.649. The van der Waals surface area contributed by atoms with E-state index in [2.05, 4.69) is 10.3 Å². The smallest absolute Gasteiger partial charge is 0.328 e. The number of methoxy groups -OCH3 is 1. The summed E-state index contributed by atoms with van der Waals surface area (Å²) in [5.41, 5.74) is -0.468. The number of carbonyl (C=O) groups excluding carboxylic acids is 1. The largest absolute Gasteiger partial charge is 0.464 e. The third kappa shape index (κ3) is 4.40. The van der Waals surface area contributed by atoms with Crippen molar-refractivity contribution in [2.75, 3.05) is 13.7 Å². The zero-order valence-corrected chi connectivity index (χ0v) is 15.9. The number of aryl methyl sites for hydroxylation is 2. The molecule has 0 aliphatic carbocycles. The zero-order valence-electron chi connectivity index (χ0n) is 15.9. The van der Waals surface area contributed by atoms with Crippen LogP contribution in [0.2, 0.25) is 0 Å². The van der Waals surface area contributed by atoms with Crippen molar-refractivity contribution in [3.63, 3.8) is 0 Å². The molecule has 148 valence electrons. The zero-order chi connectivity index (χ0) is 20.1. The highest BCUT2D eigenvalue weighted by Crippen LogP contribution is 2.20. The minimum atomic E-state index is -0.533. The third-order valence-corrected chi connectivity index (χ3v) is 4.52. The first-order valence-corrected chi connectivity index (χ1v) is 9.06. The Morgan fingerprint density at radius 2 is 2.04 bits per heavy atom. The van der Waals surface area contributed by atoms with Crippen LogP contribution in [-0.2, 0) is 16.1 Å². The molecular weight excluding hydrogens is 362 g/mol. The Morgan fingerprint density at radius 1 is 1.25 bits per heavy atom. The molecule has 0 saturated heterocycles. The number of H-pyrrole nitrogens is 1. The van der Waals surface area contributed by atoms with Gasteiger partial charge in [0.25, 0.3) is 5.56 Å². The first kappa shape index (κ1) is 19.6. The van der Waals surface area contributed by atoms with Gasteiger partial charge in [0, 0.05) is 26.7 Å². The van der Waals surface area contributed by atoms with Crippen molar-refractivity contribution in [3.8, 4) is 0 Å². The summed E-state index contributed by atoms with van der Waals surface area (Å²) in [6.45, 7) is 2.46. The summed E-state index contributed by atoms with van der Waals surface area (Å²) in [6, 6.07) is 10.2. The van der Waals surface area contributed by atoms with E-state index in [1.54, 1.807) is 31.4 Å². The molecule has 0 spiro atoms. The van der Waals surface area contributed by atoms with Gasteiger partial charge in [0.2, 0.25) is 5.91 Å². The first-order valence-electron chi connectivity index (χ1n) is 9.06. The van der Waals surface area contributed by atoms with Crippen molar-refractivity contribution in [1.82, 2.24) is 14.9 Å². The van der Waals surface area contributed by atoms with Gasteiger partial charge < -0.3 is 14.5 Å². The van der Waals surface area contributed by atoms with E-state index in [1.807, 2.05) is 19.1 Å². The van der Waals surface area contributed by atoms with Gasteiger partial charge in [-0.1, -0.05) is 12.1 Å². The van der Waals surface area contributed by atoms with Gasteiger partial charge in [-0.3, -0.25) is 19.1 Å². The van der Waals surface area contributed by atoms with Crippen LogP contribution in [0.3, 0.4) is 0 Å². The number of rotatable bonds is 8. The molecule has 1 atom stereocenters. The lowest BCUT2D eigenvalue weighted by Crippen LogP contribution is -2.33. The first-order chi connectivity index (χ1) is 13.5. The van der Waals surface area contributed by atoms with Crippen LogP contribution in [-0.4, -0.2) is 29.2 Å². The lowest BCUT2D eigenvalue weighted by atomic mass is 10.1. The Balaban J connectivity index is 1.74. The van der Waals surface area contributed by atoms with Crippen molar-refractivity contribution < 1.29 is 13.9 Å². The molecule has 0 unspecified atom stereocenters. The Hall–Kier alpha value is -3.13. The normalized spacial score (nSPS) is 12.2. The molecule has 1 amide bonds. The average molecular weight is 385 g/mol. The number of amides is 1. The van der Waals surface area contributed by atoms with Crippen LogP contribution in [0.5, 0.6) is 0 Å². The fourth-order valence-corrected chi connectivity index (χ4v) is 3.11. The maximum atomic E-state index is 12.5. The molecule has 1 aromatic carbocycles. The number of aromatic nitrogens is 2. The SMILES string of the molecule is COCC[C@H](NC(=O)CCn1c(=O)[nH]c(=O)c2ccccc21)c1ccc(C)o1. The summed E-state index contributed by atoms with van der Waals surface area (Å²) >= 11 is 0. The molecule has 2 heterocycles. The molecule has 0 aliphatic rings.